The molecule has 0 aliphatic heterocycles. The molecule has 1 heterocycles. The van der Waals surface area contributed by atoms with Gasteiger partial charge < -0.3 is 0 Å². The van der Waals surface area contributed by atoms with Crippen LogP contribution < -0.4 is 0 Å². The van der Waals surface area contributed by atoms with Crippen LogP contribution in [0.4, 0.5) is 17.6 Å². The molecule has 0 bridgehead atoms. The van der Waals surface area contributed by atoms with Gasteiger partial charge in [0.2, 0.25) is 0 Å². The van der Waals surface area contributed by atoms with Crippen molar-refractivity contribution in [3.63, 3.8) is 0 Å². The Kier molecular flexibility index (Phi) is 6.15. The van der Waals surface area contributed by atoms with Crippen molar-refractivity contribution in [3.05, 3.63) is 88.2 Å². The van der Waals surface area contributed by atoms with Crippen LogP contribution in [-0.2, 0) is 12.0 Å². The van der Waals surface area contributed by atoms with E-state index >= 15 is 0 Å². The molecule has 0 radical (unpaired) electrons. The second-order valence-electron chi connectivity index (χ2n) is 7.93. The lowest BCUT2D eigenvalue weighted by atomic mass is 9.83. The molecular weight excluding hydrogens is 408 g/mol. The molecule has 0 fully saturated rings. The van der Waals surface area contributed by atoms with Crippen LogP contribution in [-0.4, -0.2) is 22.2 Å². The van der Waals surface area contributed by atoms with Crippen molar-refractivity contribution < 1.29 is 22.4 Å². The highest BCUT2D eigenvalue weighted by molar-refractivity contribution is 5.75. The summed E-state index contributed by atoms with van der Waals surface area (Å²) in [7, 11) is 0. The first kappa shape index (κ1) is 22.5. The van der Waals surface area contributed by atoms with Gasteiger partial charge in [0.05, 0.1) is 12.0 Å². The average molecular weight is 430 g/mol. The van der Waals surface area contributed by atoms with Crippen LogP contribution in [0, 0.1) is 6.92 Å². The highest BCUT2D eigenvalue weighted by Crippen LogP contribution is 2.40. The number of carbonyl (C=O) groups is 1. The van der Waals surface area contributed by atoms with Gasteiger partial charge in [0.25, 0.3) is 0 Å². The molecule has 162 valence electrons. The summed E-state index contributed by atoms with van der Waals surface area (Å²) in [5.74, 6) is -0.591. The Morgan fingerprint density at radius 3 is 2.32 bits per heavy atom. The summed E-state index contributed by atoms with van der Waals surface area (Å²) < 4.78 is 56.0. The molecule has 0 saturated carbocycles. The van der Waals surface area contributed by atoms with Gasteiger partial charge in [-0.25, -0.2) is 4.39 Å². The zero-order valence-electron chi connectivity index (χ0n) is 17.4. The second kappa shape index (κ2) is 8.49. The summed E-state index contributed by atoms with van der Waals surface area (Å²) in [5.41, 5.74) is 0.812. The maximum atomic E-state index is 14.8. The molecule has 2 aromatic carbocycles. The monoisotopic (exact) mass is 430 g/mol. The minimum atomic E-state index is -4.38. The fraction of sp³-hybridized carbons (Fsp3) is 0.250. The van der Waals surface area contributed by atoms with Gasteiger partial charge in [0.1, 0.15) is 12.0 Å². The van der Waals surface area contributed by atoms with Crippen LogP contribution >= 0.6 is 0 Å². The Morgan fingerprint density at radius 2 is 1.71 bits per heavy atom. The van der Waals surface area contributed by atoms with Gasteiger partial charge in [-0.1, -0.05) is 42.5 Å². The summed E-state index contributed by atoms with van der Waals surface area (Å²) in [6, 6.07) is 14.3. The van der Waals surface area contributed by atoms with E-state index < -0.39 is 17.4 Å². The molecule has 3 aromatic rings. The number of halogens is 4. The van der Waals surface area contributed by atoms with Crippen LogP contribution in [0.15, 0.2) is 54.6 Å². The van der Waals surface area contributed by atoms with Gasteiger partial charge in [-0.2, -0.15) is 18.3 Å². The number of aromatic nitrogens is 2. The van der Waals surface area contributed by atoms with Crippen LogP contribution in [0.5, 0.6) is 0 Å². The number of rotatable bonds is 6. The number of aryl methyl sites for hydroxylation is 1. The fourth-order valence-corrected chi connectivity index (χ4v) is 3.10. The molecule has 0 aliphatic rings. The zero-order chi connectivity index (χ0) is 22.8. The quantitative estimate of drug-likeness (QED) is 0.337. The number of nitrogens with zero attached hydrogens (tertiary/aromatic N) is 2. The predicted molar refractivity (Wildman–Crippen MR) is 112 cm³/mol. The molecule has 0 spiro atoms. The topological polar surface area (TPSA) is 34.9 Å². The third kappa shape index (κ3) is 4.93. The second-order valence-corrected chi connectivity index (χ2v) is 7.93. The third-order valence-corrected chi connectivity index (χ3v) is 5.28. The number of hydrogen-bond acceptors (Lipinski definition) is 2. The molecular formula is C24H22F4N2O. The first-order chi connectivity index (χ1) is 14.5. The predicted octanol–water partition coefficient (Wildman–Crippen LogP) is 6.36. The smallest absolute Gasteiger partial charge is 0.298 e. The lowest BCUT2D eigenvalue weighted by molar-refractivity contribution is -0.180. The molecule has 7 heteroatoms. The van der Waals surface area contributed by atoms with Crippen molar-refractivity contribution in [1.82, 2.24) is 9.78 Å². The lowest BCUT2D eigenvalue weighted by Crippen LogP contribution is -2.36. The highest BCUT2D eigenvalue weighted by Gasteiger charge is 2.48. The first-order valence-electron chi connectivity index (χ1n) is 9.64. The molecule has 0 unspecified atom stereocenters. The molecule has 0 N–H and O–H groups in total. The summed E-state index contributed by atoms with van der Waals surface area (Å²) >= 11 is 0. The van der Waals surface area contributed by atoms with Crippen molar-refractivity contribution in [2.24, 2.45) is 0 Å². The third-order valence-electron chi connectivity index (χ3n) is 5.28. The standard InChI is InChI=1S/C24H22F4N2O/c1-16-11-22(29-30(16)14-18-5-4-6-19(12-18)15-31)21(25)13-17-7-9-20(10-8-17)23(2,3)24(26,27)28/h4-13,15H,14H2,1-3H3/b21-13-. The van der Waals surface area contributed by atoms with E-state index in [-0.39, 0.29) is 11.3 Å². The Balaban J connectivity index is 1.81. The van der Waals surface area contributed by atoms with Crippen LogP contribution in [0.25, 0.3) is 11.9 Å². The van der Waals surface area contributed by atoms with E-state index in [9.17, 15) is 22.4 Å². The highest BCUT2D eigenvalue weighted by atomic mass is 19.4. The Morgan fingerprint density at radius 1 is 1.03 bits per heavy atom. The van der Waals surface area contributed by atoms with Gasteiger partial charge in [0, 0.05) is 11.3 Å². The molecule has 0 saturated heterocycles. The van der Waals surface area contributed by atoms with E-state index in [4.69, 9.17) is 0 Å². The van der Waals surface area contributed by atoms with Gasteiger partial charge in [0.15, 0.2) is 5.83 Å². The van der Waals surface area contributed by atoms with Crippen LogP contribution in [0.2, 0.25) is 0 Å². The Labute approximate surface area is 178 Å². The molecule has 1 aromatic heterocycles. The minimum absolute atomic E-state index is 0.107. The molecule has 31 heavy (non-hydrogen) atoms. The Hall–Kier alpha value is -3.22. The summed E-state index contributed by atoms with van der Waals surface area (Å²) in [4.78, 5) is 10.9. The molecule has 3 nitrogen and oxygen atoms in total. The van der Waals surface area contributed by atoms with Crippen molar-refractivity contribution in [2.45, 2.75) is 38.9 Å². The van der Waals surface area contributed by atoms with Crippen molar-refractivity contribution in [2.75, 3.05) is 0 Å². The number of aldehydes is 1. The SMILES string of the molecule is Cc1cc(/C(F)=C/c2ccc(C(C)(C)C(F)(F)F)cc2)nn1Cc1cccc(C=O)c1. The van der Waals surface area contributed by atoms with E-state index in [0.29, 0.717) is 17.7 Å². The number of benzene rings is 2. The van der Waals surface area contributed by atoms with Gasteiger partial charge in [-0.3, -0.25) is 9.48 Å². The average Bonchev–Trinajstić information content (AvgIpc) is 3.08. The molecule has 0 aliphatic carbocycles. The van der Waals surface area contributed by atoms with E-state index in [0.717, 1.165) is 31.4 Å². The first-order valence-corrected chi connectivity index (χ1v) is 9.64. The number of alkyl halides is 3. The minimum Gasteiger partial charge on any atom is -0.298 e. The fourth-order valence-electron chi connectivity index (χ4n) is 3.10. The van der Waals surface area contributed by atoms with Crippen LogP contribution in [0.3, 0.4) is 0 Å². The Bertz CT molecular complexity index is 1110. The van der Waals surface area contributed by atoms with Crippen molar-refractivity contribution in [1.29, 1.82) is 0 Å². The summed E-state index contributed by atoms with van der Waals surface area (Å²) in [5, 5.41) is 4.28. The lowest BCUT2D eigenvalue weighted by Gasteiger charge is -2.28. The van der Waals surface area contributed by atoms with Crippen molar-refractivity contribution in [3.8, 4) is 0 Å². The molecule has 0 atom stereocenters. The number of carbonyl (C=O) groups excluding carboxylic acids is 1. The number of hydrogen-bond donors (Lipinski definition) is 0. The van der Waals surface area contributed by atoms with Crippen molar-refractivity contribution >= 4 is 18.2 Å². The van der Waals surface area contributed by atoms with Gasteiger partial charge >= 0.3 is 6.18 Å². The maximum absolute atomic E-state index is 14.8. The van der Waals surface area contributed by atoms with E-state index in [2.05, 4.69) is 5.10 Å². The van der Waals surface area contributed by atoms with E-state index in [1.165, 1.54) is 30.3 Å². The van der Waals surface area contributed by atoms with Gasteiger partial charge in [-0.05, 0) is 55.7 Å². The summed E-state index contributed by atoms with van der Waals surface area (Å²) in [6.07, 6.45) is -2.39. The molecule has 0 amide bonds. The van der Waals surface area contributed by atoms with E-state index in [1.807, 2.05) is 6.07 Å². The largest absolute Gasteiger partial charge is 0.397 e. The van der Waals surface area contributed by atoms with Gasteiger partial charge in [-0.15, -0.1) is 0 Å². The summed E-state index contributed by atoms with van der Waals surface area (Å²) in [6.45, 7) is 4.39. The van der Waals surface area contributed by atoms with Crippen LogP contribution in [0.1, 0.15) is 52.3 Å². The van der Waals surface area contributed by atoms with E-state index in [1.54, 1.807) is 35.9 Å². The normalized spacial score (nSPS) is 12.8. The molecule has 3 rings (SSSR count). The maximum Gasteiger partial charge on any atom is 0.397 e. The zero-order valence-corrected chi connectivity index (χ0v) is 17.4.